The number of unbranched alkanes of at least 4 members (excludes halogenated alkanes) is 24. The molecule has 11 heteroatoms. The molecular weight excluding hydrogens is 749 g/mol. The Balaban J connectivity index is 4.60. The fourth-order valence-corrected chi connectivity index (χ4v) is 8.04. The number of nitrogens with two attached hydrogens (primary N) is 1. The number of rotatable bonds is 43. The van der Waals surface area contributed by atoms with Crippen LogP contribution in [-0.2, 0) is 29.3 Å². The lowest BCUT2D eigenvalue weighted by Gasteiger charge is -2.24. The normalized spacial score (nSPS) is 12.2. The molecule has 0 aromatic heterocycles. The van der Waals surface area contributed by atoms with Crippen LogP contribution in [0.15, 0.2) is 4.40 Å². The van der Waals surface area contributed by atoms with Crippen molar-refractivity contribution in [2.45, 2.75) is 245 Å². The van der Waals surface area contributed by atoms with Gasteiger partial charge in [-0.05, 0) is 70.9 Å². The van der Waals surface area contributed by atoms with Gasteiger partial charge in [-0.25, -0.2) is 5.14 Å². The molecule has 0 spiro atoms. The summed E-state index contributed by atoms with van der Waals surface area (Å²) in [6.07, 6.45) is 37.4. The molecule has 2 N–H and O–H groups in total. The van der Waals surface area contributed by atoms with Crippen LogP contribution in [0.25, 0.3) is 0 Å². The van der Waals surface area contributed by atoms with E-state index in [2.05, 4.69) is 30.1 Å². The molecule has 0 saturated heterocycles. The van der Waals surface area contributed by atoms with Crippen LogP contribution in [0, 0.1) is 0 Å². The van der Waals surface area contributed by atoms with Crippen LogP contribution >= 0.6 is 0 Å². The number of carbonyl (C=O) groups is 2. The van der Waals surface area contributed by atoms with E-state index in [1.165, 1.54) is 96.3 Å². The zero-order valence-electron chi connectivity index (χ0n) is 38.7. The highest BCUT2D eigenvalue weighted by Crippen LogP contribution is 2.19. The standard InChI is InChI=1S/C47H94N4O6S/c1-6-9-12-15-18-27-34-43-56-46(52)37-30-23-19-25-32-40-51(42-39-45(50(4)5)49-58(48,54)55)41-33-26-20-24-31-38-47(53)57-44(35-28-21-16-13-10-7-2)36-29-22-17-14-11-8-3/h44H,6-43H2,1-5H3,(H2,48,54,55). The first-order valence-corrected chi connectivity index (χ1v) is 25.9. The van der Waals surface area contributed by atoms with Crippen molar-refractivity contribution in [1.29, 1.82) is 0 Å². The molecule has 0 aliphatic rings. The van der Waals surface area contributed by atoms with E-state index < -0.39 is 10.2 Å². The molecule has 0 aliphatic heterocycles. The van der Waals surface area contributed by atoms with Gasteiger partial charge in [0, 0.05) is 39.9 Å². The largest absolute Gasteiger partial charge is 0.466 e. The number of hydrogen-bond donors (Lipinski definition) is 1. The summed E-state index contributed by atoms with van der Waals surface area (Å²) in [4.78, 5) is 29.1. The van der Waals surface area contributed by atoms with Crippen molar-refractivity contribution in [3.63, 3.8) is 0 Å². The molecule has 0 aromatic carbocycles. The Labute approximate surface area is 359 Å². The Morgan fingerprint density at radius 3 is 1.36 bits per heavy atom. The highest BCUT2D eigenvalue weighted by molar-refractivity contribution is 7.88. The second-order valence-electron chi connectivity index (χ2n) is 17.1. The van der Waals surface area contributed by atoms with Crippen LogP contribution in [0.2, 0.25) is 0 Å². The average Bonchev–Trinajstić information content (AvgIpc) is 3.18. The minimum Gasteiger partial charge on any atom is -0.466 e. The van der Waals surface area contributed by atoms with Crippen molar-refractivity contribution in [3.8, 4) is 0 Å². The van der Waals surface area contributed by atoms with Crippen molar-refractivity contribution in [2.24, 2.45) is 9.54 Å². The van der Waals surface area contributed by atoms with Gasteiger partial charge in [0.1, 0.15) is 11.9 Å². The number of esters is 2. The van der Waals surface area contributed by atoms with Gasteiger partial charge in [0.2, 0.25) is 0 Å². The third kappa shape index (κ3) is 39.7. The van der Waals surface area contributed by atoms with Gasteiger partial charge in [-0.1, -0.05) is 162 Å². The lowest BCUT2D eigenvalue weighted by molar-refractivity contribution is -0.150. The molecule has 0 fully saturated rings. The summed E-state index contributed by atoms with van der Waals surface area (Å²) >= 11 is 0. The molecule has 10 nitrogen and oxygen atoms in total. The summed E-state index contributed by atoms with van der Waals surface area (Å²) in [7, 11) is -0.378. The Kier molecular flexibility index (Phi) is 39.5. The maximum atomic E-state index is 12.8. The van der Waals surface area contributed by atoms with E-state index >= 15 is 0 Å². The molecular formula is C47H94N4O6S. The Morgan fingerprint density at radius 2 is 0.914 bits per heavy atom. The lowest BCUT2D eigenvalue weighted by atomic mass is 10.0. The smallest absolute Gasteiger partial charge is 0.318 e. The average molecular weight is 843 g/mol. The van der Waals surface area contributed by atoms with Crippen molar-refractivity contribution in [1.82, 2.24) is 9.80 Å². The summed E-state index contributed by atoms with van der Waals surface area (Å²) in [6, 6.07) is 0. The molecule has 58 heavy (non-hydrogen) atoms. The summed E-state index contributed by atoms with van der Waals surface area (Å²) in [5, 5.41) is 5.23. The number of ether oxygens (including phenoxy) is 2. The molecule has 0 amide bonds. The zero-order valence-corrected chi connectivity index (χ0v) is 39.5. The minimum atomic E-state index is -3.96. The predicted octanol–water partition coefficient (Wildman–Crippen LogP) is 12.2. The highest BCUT2D eigenvalue weighted by atomic mass is 32.2. The molecule has 0 aromatic rings. The fourth-order valence-electron chi connectivity index (χ4n) is 7.49. The van der Waals surface area contributed by atoms with Crippen LogP contribution in [0.3, 0.4) is 0 Å². The van der Waals surface area contributed by atoms with Gasteiger partial charge in [0.15, 0.2) is 0 Å². The van der Waals surface area contributed by atoms with Gasteiger partial charge in [-0.3, -0.25) is 9.59 Å². The molecule has 0 atom stereocenters. The summed E-state index contributed by atoms with van der Waals surface area (Å²) < 4.78 is 38.7. The van der Waals surface area contributed by atoms with Gasteiger partial charge in [-0.15, -0.1) is 4.40 Å². The topological polar surface area (TPSA) is 132 Å². The maximum Gasteiger partial charge on any atom is 0.318 e. The first-order chi connectivity index (χ1) is 28.0. The van der Waals surface area contributed by atoms with E-state index in [9.17, 15) is 18.0 Å². The summed E-state index contributed by atoms with van der Waals surface area (Å²) in [5.41, 5.74) is 0. The van der Waals surface area contributed by atoms with E-state index in [0.717, 1.165) is 116 Å². The van der Waals surface area contributed by atoms with Gasteiger partial charge in [0.05, 0.1) is 6.61 Å². The molecule has 0 unspecified atom stereocenters. The molecule has 0 rings (SSSR count). The van der Waals surface area contributed by atoms with E-state index in [4.69, 9.17) is 14.6 Å². The number of amidine groups is 1. The minimum absolute atomic E-state index is 0.0234. The van der Waals surface area contributed by atoms with Crippen molar-refractivity contribution in [3.05, 3.63) is 0 Å². The Bertz CT molecular complexity index is 1070. The molecule has 0 heterocycles. The fraction of sp³-hybridized carbons (Fsp3) is 0.936. The molecule has 0 bridgehead atoms. The highest BCUT2D eigenvalue weighted by Gasteiger charge is 2.15. The monoisotopic (exact) mass is 843 g/mol. The summed E-state index contributed by atoms with van der Waals surface area (Å²) in [5.74, 6) is 0.366. The Morgan fingerprint density at radius 1 is 0.517 bits per heavy atom. The van der Waals surface area contributed by atoms with Crippen LogP contribution in [-0.4, -0.2) is 82.4 Å². The van der Waals surface area contributed by atoms with Gasteiger partial charge in [0.25, 0.3) is 0 Å². The van der Waals surface area contributed by atoms with Crippen molar-refractivity contribution < 1.29 is 27.5 Å². The summed E-state index contributed by atoms with van der Waals surface area (Å²) in [6.45, 7) is 9.85. The third-order valence-corrected chi connectivity index (χ3v) is 11.6. The van der Waals surface area contributed by atoms with Gasteiger partial charge >= 0.3 is 22.1 Å². The third-order valence-electron chi connectivity index (χ3n) is 11.2. The second-order valence-corrected chi connectivity index (χ2v) is 18.3. The predicted molar refractivity (Wildman–Crippen MR) is 246 cm³/mol. The van der Waals surface area contributed by atoms with E-state index in [-0.39, 0.29) is 18.0 Å². The van der Waals surface area contributed by atoms with Crippen LogP contribution in [0.5, 0.6) is 0 Å². The van der Waals surface area contributed by atoms with Gasteiger partial charge < -0.3 is 19.3 Å². The SMILES string of the molecule is CCCCCCCCCOC(=O)CCCCCCCN(CCCCCCCC(=O)OC(CCCCCCCC)CCCCCCCC)CCC(=NS(N)(=O)=O)N(C)C. The van der Waals surface area contributed by atoms with Crippen LogP contribution < -0.4 is 5.14 Å². The number of carbonyl (C=O) groups excluding carboxylic acids is 2. The quantitative estimate of drug-likeness (QED) is 0.0278. The van der Waals surface area contributed by atoms with Crippen LogP contribution in [0.1, 0.15) is 239 Å². The van der Waals surface area contributed by atoms with E-state index in [1.54, 1.807) is 19.0 Å². The lowest BCUT2D eigenvalue weighted by Crippen LogP contribution is -2.33. The molecule has 0 radical (unpaired) electrons. The Hall–Kier alpha value is -1.72. The van der Waals surface area contributed by atoms with Crippen molar-refractivity contribution in [2.75, 3.05) is 40.3 Å². The molecule has 344 valence electrons. The number of hydrogen-bond acceptors (Lipinski definition) is 7. The van der Waals surface area contributed by atoms with E-state index in [1.807, 2.05) is 0 Å². The zero-order chi connectivity index (χ0) is 43.0. The first-order valence-electron chi connectivity index (χ1n) is 24.4. The van der Waals surface area contributed by atoms with Crippen molar-refractivity contribution >= 4 is 28.0 Å². The number of nitrogens with zero attached hydrogens (tertiary/aromatic N) is 3. The van der Waals surface area contributed by atoms with Crippen LogP contribution in [0.4, 0.5) is 0 Å². The van der Waals surface area contributed by atoms with Gasteiger partial charge in [-0.2, -0.15) is 8.42 Å². The molecule has 0 saturated carbocycles. The molecule has 0 aliphatic carbocycles. The first kappa shape index (κ1) is 56.3. The van der Waals surface area contributed by atoms with E-state index in [0.29, 0.717) is 38.2 Å². The maximum absolute atomic E-state index is 12.8. The second kappa shape index (κ2) is 40.7.